The molecule has 31 heavy (non-hydrogen) atoms. The third-order valence-corrected chi connectivity index (χ3v) is 4.11. The Morgan fingerprint density at radius 3 is 2.32 bits per heavy atom. The number of nitrogens with one attached hydrogen (secondary N) is 2. The summed E-state index contributed by atoms with van der Waals surface area (Å²) in [6.07, 6.45) is -3.39. The summed E-state index contributed by atoms with van der Waals surface area (Å²) in [5.74, 6) is -0.505. The molecule has 0 saturated carbocycles. The number of rotatable bonds is 6. The van der Waals surface area contributed by atoms with Crippen molar-refractivity contribution in [2.45, 2.75) is 13.1 Å². The van der Waals surface area contributed by atoms with Crippen LogP contribution in [0.4, 0.5) is 30.4 Å². The number of amides is 1. The molecular weight excluding hydrogens is 415 g/mol. The molecule has 0 aliphatic heterocycles. The molecule has 3 rings (SSSR count). The topological polar surface area (TPSA) is 106 Å². The van der Waals surface area contributed by atoms with Gasteiger partial charge in [0.1, 0.15) is 5.69 Å². The normalized spacial score (nSPS) is 11.0. The molecule has 0 aliphatic rings. The lowest BCUT2D eigenvalue weighted by Crippen LogP contribution is -2.16. The third-order valence-electron chi connectivity index (χ3n) is 4.11. The highest BCUT2D eigenvalue weighted by Crippen LogP contribution is 2.35. The van der Waals surface area contributed by atoms with Gasteiger partial charge in [0.2, 0.25) is 5.88 Å². The molecule has 2 heterocycles. The van der Waals surface area contributed by atoms with E-state index in [4.69, 9.17) is 4.74 Å². The summed E-state index contributed by atoms with van der Waals surface area (Å²) in [6, 6.07) is 8.56. The maximum absolute atomic E-state index is 13.2. The molecule has 0 atom stereocenters. The Kier molecular flexibility index (Phi) is 6.14. The Hall–Kier alpha value is -4.02. The first-order valence-electron chi connectivity index (χ1n) is 8.81. The number of ketones is 1. The molecular formula is C20H16F3N5O3. The average molecular weight is 431 g/mol. The lowest BCUT2D eigenvalue weighted by Gasteiger charge is -2.15. The zero-order valence-electron chi connectivity index (χ0n) is 16.3. The van der Waals surface area contributed by atoms with Crippen LogP contribution in [0.25, 0.3) is 0 Å². The van der Waals surface area contributed by atoms with Crippen LogP contribution >= 0.6 is 0 Å². The minimum atomic E-state index is -4.61. The van der Waals surface area contributed by atoms with Gasteiger partial charge in [-0.2, -0.15) is 13.2 Å². The van der Waals surface area contributed by atoms with Gasteiger partial charge in [-0.1, -0.05) is 0 Å². The average Bonchev–Trinajstić information content (AvgIpc) is 2.74. The molecule has 0 unspecified atom stereocenters. The van der Waals surface area contributed by atoms with Crippen molar-refractivity contribution < 1.29 is 27.5 Å². The molecule has 3 aromatic rings. The molecule has 2 N–H and O–H groups in total. The molecule has 2 aromatic heterocycles. The van der Waals surface area contributed by atoms with Crippen molar-refractivity contribution in [3.8, 4) is 5.88 Å². The summed E-state index contributed by atoms with van der Waals surface area (Å²) < 4.78 is 44.4. The van der Waals surface area contributed by atoms with Crippen LogP contribution in [0.1, 0.15) is 33.3 Å². The van der Waals surface area contributed by atoms with Gasteiger partial charge in [-0.05, 0) is 43.3 Å². The second-order valence-electron chi connectivity index (χ2n) is 6.29. The van der Waals surface area contributed by atoms with Crippen molar-refractivity contribution >= 4 is 28.9 Å². The van der Waals surface area contributed by atoms with Crippen molar-refractivity contribution in [3.05, 3.63) is 65.5 Å². The fourth-order valence-electron chi connectivity index (χ4n) is 2.49. The largest absolute Gasteiger partial charge is 0.480 e. The summed E-state index contributed by atoms with van der Waals surface area (Å²) in [6.45, 7) is 1.35. The minimum absolute atomic E-state index is 0.0717. The molecule has 1 amide bonds. The van der Waals surface area contributed by atoms with E-state index in [0.717, 1.165) is 18.2 Å². The van der Waals surface area contributed by atoms with Crippen LogP contribution in [0.3, 0.4) is 0 Å². The fraction of sp³-hybridized carbons (Fsp3) is 0.150. The van der Waals surface area contributed by atoms with Gasteiger partial charge in [-0.15, -0.1) is 10.2 Å². The molecule has 0 saturated heterocycles. The third kappa shape index (κ3) is 5.32. The van der Waals surface area contributed by atoms with Crippen molar-refractivity contribution in [2.24, 2.45) is 0 Å². The number of nitrogens with zero attached hydrogens (tertiary/aromatic N) is 3. The monoisotopic (exact) mass is 431 g/mol. The molecule has 8 nitrogen and oxygen atoms in total. The van der Waals surface area contributed by atoms with Gasteiger partial charge < -0.3 is 15.4 Å². The Labute approximate surface area is 174 Å². The molecule has 11 heteroatoms. The van der Waals surface area contributed by atoms with Gasteiger partial charge in [-0.25, -0.2) is 0 Å². The smallest absolute Gasteiger partial charge is 0.416 e. The number of anilines is 3. The molecule has 0 bridgehead atoms. The lowest BCUT2D eigenvalue weighted by molar-refractivity contribution is -0.137. The summed E-state index contributed by atoms with van der Waals surface area (Å²) in [4.78, 5) is 27.8. The Morgan fingerprint density at radius 1 is 1.00 bits per heavy atom. The number of hydrogen-bond acceptors (Lipinski definition) is 7. The van der Waals surface area contributed by atoms with Crippen LogP contribution in [0.2, 0.25) is 0 Å². The van der Waals surface area contributed by atoms with Gasteiger partial charge in [0.05, 0.1) is 24.0 Å². The predicted octanol–water partition coefficient (Wildman–Crippen LogP) is 4.10. The Bertz CT molecular complexity index is 1100. The fourth-order valence-corrected chi connectivity index (χ4v) is 2.49. The van der Waals surface area contributed by atoms with Gasteiger partial charge in [0.25, 0.3) is 5.91 Å². The number of carbonyl (C=O) groups is 2. The summed E-state index contributed by atoms with van der Waals surface area (Å²) in [7, 11) is 1.41. The van der Waals surface area contributed by atoms with E-state index >= 15 is 0 Å². The number of pyridine rings is 1. The quantitative estimate of drug-likeness (QED) is 0.566. The highest BCUT2D eigenvalue weighted by Gasteiger charge is 2.31. The van der Waals surface area contributed by atoms with Crippen LogP contribution in [0.15, 0.2) is 48.7 Å². The van der Waals surface area contributed by atoms with E-state index in [2.05, 4.69) is 25.8 Å². The molecule has 0 fully saturated rings. The van der Waals surface area contributed by atoms with E-state index in [1.807, 2.05) is 0 Å². The molecule has 0 aliphatic carbocycles. The van der Waals surface area contributed by atoms with Crippen LogP contribution in [-0.4, -0.2) is 34.0 Å². The Morgan fingerprint density at radius 2 is 1.77 bits per heavy atom. The van der Waals surface area contributed by atoms with E-state index in [1.54, 1.807) is 0 Å². The van der Waals surface area contributed by atoms with Crippen LogP contribution in [-0.2, 0) is 6.18 Å². The van der Waals surface area contributed by atoms with Crippen molar-refractivity contribution in [1.82, 2.24) is 15.2 Å². The van der Waals surface area contributed by atoms with Crippen molar-refractivity contribution in [2.75, 3.05) is 17.7 Å². The molecule has 1 aromatic carbocycles. The second kappa shape index (κ2) is 8.78. The number of ether oxygens (including phenoxy) is 1. The van der Waals surface area contributed by atoms with Crippen LogP contribution in [0, 0.1) is 0 Å². The lowest BCUT2D eigenvalue weighted by atomic mass is 10.1. The van der Waals surface area contributed by atoms with E-state index in [9.17, 15) is 22.8 Å². The minimum Gasteiger partial charge on any atom is -0.480 e. The van der Waals surface area contributed by atoms with Gasteiger partial charge >= 0.3 is 6.18 Å². The standard InChI is InChI=1S/C20H16F3N5O3/c1-11(29)12-3-5-15(24-10-12)19(30)26-16-9-13(20(21,22)23)4-6-14(16)25-17-7-8-18(31-2)28-27-17/h3-10H,1-2H3,(H,25,27)(H,26,30). The second-order valence-corrected chi connectivity index (χ2v) is 6.29. The van der Waals surface area contributed by atoms with Crippen molar-refractivity contribution in [3.63, 3.8) is 0 Å². The van der Waals surface area contributed by atoms with E-state index in [1.165, 1.54) is 44.5 Å². The van der Waals surface area contributed by atoms with Gasteiger partial charge in [-0.3, -0.25) is 14.6 Å². The number of halogens is 3. The van der Waals surface area contributed by atoms with E-state index in [-0.39, 0.29) is 34.5 Å². The molecule has 0 spiro atoms. The zero-order valence-corrected chi connectivity index (χ0v) is 16.3. The van der Waals surface area contributed by atoms with Crippen LogP contribution < -0.4 is 15.4 Å². The number of hydrogen-bond donors (Lipinski definition) is 2. The van der Waals surface area contributed by atoms with Gasteiger partial charge in [0, 0.05) is 17.8 Å². The number of alkyl halides is 3. The number of carbonyl (C=O) groups excluding carboxylic acids is 2. The zero-order chi connectivity index (χ0) is 22.6. The maximum atomic E-state index is 13.2. The first-order chi connectivity index (χ1) is 14.7. The van der Waals surface area contributed by atoms with Gasteiger partial charge in [0.15, 0.2) is 11.6 Å². The molecule has 0 radical (unpaired) electrons. The van der Waals surface area contributed by atoms with E-state index in [0.29, 0.717) is 5.56 Å². The summed E-state index contributed by atoms with van der Waals surface area (Å²) in [5.41, 5.74) is -0.709. The number of Topliss-reactive ketones (excluding diaryl/α,β-unsaturated/α-hetero) is 1. The summed E-state index contributed by atoms with van der Waals surface area (Å²) in [5, 5.41) is 12.8. The maximum Gasteiger partial charge on any atom is 0.416 e. The van der Waals surface area contributed by atoms with Crippen molar-refractivity contribution in [1.29, 1.82) is 0 Å². The SMILES string of the molecule is COc1ccc(Nc2ccc(C(F)(F)F)cc2NC(=O)c2ccc(C(C)=O)cn2)nn1. The highest BCUT2D eigenvalue weighted by molar-refractivity contribution is 6.05. The van der Waals surface area contributed by atoms with Crippen LogP contribution in [0.5, 0.6) is 5.88 Å². The summed E-state index contributed by atoms with van der Waals surface area (Å²) >= 11 is 0. The number of benzene rings is 1. The number of aromatic nitrogens is 3. The highest BCUT2D eigenvalue weighted by atomic mass is 19.4. The van der Waals surface area contributed by atoms with E-state index < -0.39 is 17.6 Å². The first kappa shape index (κ1) is 21.7. The number of methoxy groups -OCH3 is 1. The first-order valence-corrected chi connectivity index (χ1v) is 8.81. The Balaban J connectivity index is 1.91. The predicted molar refractivity (Wildman–Crippen MR) is 106 cm³/mol. The molecule has 160 valence electrons.